The number of carbonyl (C=O) groups is 1. The molecule has 1 amide bonds. The molecule has 1 unspecified atom stereocenters. The maximum atomic E-state index is 12.2. The van der Waals surface area contributed by atoms with E-state index in [0.717, 1.165) is 12.8 Å². The zero-order valence-electron chi connectivity index (χ0n) is 14.4. The van der Waals surface area contributed by atoms with E-state index in [4.69, 9.17) is 9.15 Å². The lowest BCUT2D eigenvalue weighted by molar-refractivity contribution is -0.384. The lowest BCUT2D eigenvalue weighted by Crippen LogP contribution is -2.32. The number of carbonyl (C=O) groups excluding carboxylic acids is 1. The minimum absolute atomic E-state index is 0.0158. The number of amides is 1. The van der Waals surface area contributed by atoms with Crippen molar-refractivity contribution in [3.63, 3.8) is 0 Å². The van der Waals surface area contributed by atoms with Gasteiger partial charge in [0.25, 0.3) is 11.6 Å². The van der Waals surface area contributed by atoms with E-state index >= 15 is 0 Å². The van der Waals surface area contributed by atoms with E-state index in [1.807, 2.05) is 6.07 Å². The molecule has 3 rings (SSSR count). The highest BCUT2D eigenvalue weighted by Gasteiger charge is 2.18. The van der Waals surface area contributed by atoms with Crippen molar-refractivity contribution in [2.24, 2.45) is 0 Å². The highest BCUT2D eigenvalue weighted by atomic mass is 16.6. The zero-order chi connectivity index (χ0) is 19.2. The maximum absolute atomic E-state index is 12.2. The van der Waals surface area contributed by atoms with Gasteiger partial charge in [0, 0.05) is 36.9 Å². The third kappa shape index (κ3) is 4.59. The predicted molar refractivity (Wildman–Crippen MR) is 96.4 cm³/mol. The molecule has 1 aromatic heterocycles. The molecule has 1 fully saturated rings. The molecular weight excluding hydrogens is 350 g/mol. The van der Waals surface area contributed by atoms with Gasteiger partial charge in [-0.2, -0.15) is 5.26 Å². The van der Waals surface area contributed by atoms with E-state index in [-0.39, 0.29) is 17.4 Å². The zero-order valence-corrected chi connectivity index (χ0v) is 14.4. The monoisotopic (exact) mass is 367 g/mol. The number of hydrogen-bond donors (Lipinski definition) is 1. The van der Waals surface area contributed by atoms with Gasteiger partial charge in [0.1, 0.15) is 23.2 Å². The van der Waals surface area contributed by atoms with Crippen LogP contribution in [0.5, 0.6) is 0 Å². The Morgan fingerprint density at radius 1 is 1.41 bits per heavy atom. The molecule has 0 spiro atoms. The summed E-state index contributed by atoms with van der Waals surface area (Å²) in [7, 11) is 0. The summed E-state index contributed by atoms with van der Waals surface area (Å²) < 4.78 is 11.0. The first-order valence-corrected chi connectivity index (χ1v) is 8.43. The number of furan rings is 1. The molecule has 0 radical (unpaired) electrons. The van der Waals surface area contributed by atoms with E-state index in [1.165, 1.54) is 18.2 Å². The van der Waals surface area contributed by atoms with Crippen molar-refractivity contribution in [2.45, 2.75) is 18.9 Å². The number of non-ortho nitro benzene ring substituents is 1. The highest BCUT2D eigenvalue weighted by Crippen LogP contribution is 2.26. The van der Waals surface area contributed by atoms with Crippen LogP contribution in [0.25, 0.3) is 17.4 Å². The van der Waals surface area contributed by atoms with Gasteiger partial charge >= 0.3 is 0 Å². The van der Waals surface area contributed by atoms with Crippen LogP contribution in [-0.2, 0) is 9.53 Å². The Morgan fingerprint density at radius 3 is 2.96 bits per heavy atom. The van der Waals surface area contributed by atoms with Crippen molar-refractivity contribution in [2.75, 3.05) is 13.2 Å². The Kier molecular flexibility index (Phi) is 5.64. The standard InChI is InChI=1S/C19H17N3O5/c20-11-14(19(23)21-12-17-5-2-8-26-17)10-16-6-7-18(27-16)13-3-1-4-15(9-13)22(24)25/h1,3-4,6-7,9-10,17H,2,5,8,12H2,(H,21,23). The number of nitro groups is 1. The lowest BCUT2D eigenvalue weighted by Gasteiger charge is -2.09. The minimum atomic E-state index is -0.499. The first-order chi connectivity index (χ1) is 13.1. The predicted octanol–water partition coefficient (Wildman–Crippen LogP) is 3.06. The quantitative estimate of drug-likeness (QED) is 0.363. The number of nitriles is 1. The molecular formula is C19H17N3O5. The second-order valence-electron chi connectivity index (χ2n) is 6.02. The number of nitrogens with one attached hydrogen (secondary N) is 1. The van der Waals surface area contributed by atoms with Crippen LogP contribution in [0.4, 0.5) is 5.69 Å². The van der Waals surface area contributed by atoms with E-state index in [2.05, 4.69) is 5.32 Å². The van der Waals surface area contributed by atoms with Crippen molar-refractivity contribution in [3.05, 3.63) is 57.8 Å². The summed E-state index contributed by atoms with van der Waals surface area (Å²) in [4.78, 5) is 22.6. The summed E-state index contributed by atoms with van der Waals surface area (Å²) in [6.45, 7) is 1.04. The van der Waals surface area contributed by atoms with Crippen LogP contribution >= 0.6 is 0 Å². The molecule has 8 nitrogen and oxygen atoms in total. The average molecular weight is 367 g/mol. The van der Waals surface area contributed by atoms with Crippen LogP contribution in [0.3, 0.4) is 0 Å². The van der Waals surface area contributed by atoms with Crippen LogP contribution in [0.1, 0.15) is 18.6 Å². The molecule has 1 N–H and O–H groups in total. The van der Waals surface area contributed by atoms with Crippen molar-refractivity contribution in [1.29, 1.82) is 5.26 Å². The molecule has 0 aliphatic carbocycles. The molecule has 0 bridgehead atoms. The Labute approximate surface area is 155 Å². The minimum Gasteiger partial charge on any atom is -0.457 e. The fraction of sp³-hybridized carbons (Fsp3) is 0.263. The Morgan fingerprint density at radius 2 is 2.26 bits per heavy atom. The number of nitro benzene ring substituents is 1. The second kappa shape index (κ2) is 8.29. The molecule has 1 aliphatic rings. The Bertz CT molecular complexity index is 919. The van der Waals surface area contributed by atoms with Crippen molar-refractivity contribution < 1.29 is 18.9 Å². The first kappa shape index (κ1) is 18.4. The topological polar surface area (TPSA) is 118 Å². The lowest BCUT2D eigenvalue weighted by atomic mass is 10.1. The summed E-state index contributed by atoms with van der Waals surface area (Å²) in [6.07, 6.45) is 3.18. The molecule has 2 aromatic rings. The van der Waals surface area contributed by atoms with Gasteiger partial charge in [0.05, 0.1) is 11.0 Å². The van der Waals surface area contributed by atoms with Crippen molar-refractivity contribution in [3.8, 4) is 17.4 Å². The molecule has 1 aromatic carbocycles. The van der Waals surface area contributed by atoms with Crippen molar-refractivity contribution in [1.82, 2.24) is 5.32 Å². The van der Waals surface area contributed by atoms with Gasteiger partial charge in [-0.3, -0.25) is 14.9 Å². The van der Waals surface area contributed by atoms with Crippen molar-refractivity contribution >= 4 is 17.7 Å². The molecule has 1 saturated heterocycles. The molecule has 1 aliphatic heterocycles. The summed E-state index contributed by atoms with van der Waals surface area (Å²) >= 11 is 0. The van der Waals surface area contributed by atoms with Gasteiger partial charge in [-0.05, 0) is 25.0 Å². The normalized spacial score (nSPS) is 16.7. The molecule has 1 atom stereocenters. The first-order valence-electron chi connectivity index (χ1n) is 8.43. The maximum Gasteiger partial charge on any atom is 0.270 e. The SMILES string of the molecule is N#CC(=Cc1ccc(-c2cccc([N+](=O)[O-])c2)o1)C(=O)NCC1CCCO1. The second-order valence-corrected chi connectivity index (χ2v) is 6.02. The third-order valence-corrected chi connectivity index (χ3v) is 4.13. The number of benzene rings is 1. The van der Waals surface area contributed by atoms with E-state index in [0.29, 0.717) is 30.2 Å². The summed E-state index contributed by atoms with van der Waals surface area (Å²) in [5.41, 5.74) is 0.394. The fourth-order valence-corrected chi connectivity index (χ4v) is 2.76. The summed E-state index contributed by atoms with van der Waals surface area (Å²) in [5, 5.41) is 22.8. The smallest absolute Gasteiger partial charge is 0.270 e. The molecule has 27 heavy (non-hydrogen) atoms. The van der Waals surface area contributed by atoms with Gasteiger partial charge in [0.2, 0.25) is 0 Å². The highest BCUT2D eigenvalue weighted by molar-refractivity contribution is 6.01. The van der Waals surface area contributed by atoms with Crippen LogP contribution in [0.2, 0.25) is 0 Å². The number of ether oxygens (including phenoxy) is 1. The van der Waals surface area contributed by atoms with Crippen LogP contribution in [0.15, 0.2) is 46.4 Å². The number of nitrogens with zero attached hydrogens (tertiary/aromatic N) is 2. The molecule has 138 valence electrons. The van der Waals surface area contributed by atoms with Gasteiger partial charge < -0.3 is 14.5 Å². The van der Waals surface area contributed by atoms with Gasteiger partial charge in [-0.1, -0.05) is 12.1 Å². The van der Waals surface area contributed by atoms with Crippen LogP contribution < -0.4 is 5.32 Å². The molecule has 2 heterocycles. The van der Waals surface area contributed by atoms with Gasteiger partial charge in [-0.25, -0.2) is 0 Å². The van der Waals surface area contributed by atoms with Crippen LogP contribution in [0, 0.1) is 21.4 Å². The van der Waals surface area contributed by atoms with E-state index in [1.54, 1.807) is 24.3 Å². The van der Waals surface area contributed by atoms with Crippen LogP contribution in [-0.4, -0.2) is 30.1 Å². The van der Waals surface area contributed by atoms with E-state index in [9.17, 15) is 20.2 Å². The fourth-order valence-electron chi connectivity index (χ4n) is 2.76. The average Bonchev–Trinajstić information content (AvgIpc) is 3.36. The molecule has 8 heteroatoms. The number of rotatable bonds is 6. The third-order valence-electron chi connectivity index (χ3n) is 4.13. The molecule has 0 saturated carbocycles. The summed E-state index contributed by atoms with van der Waals surface area (Å²) in [5.74, 6) is 0.212. The Balaban J connectivity index is 1.72. The number of hydrogen-bond acceptors (Lipinski definition) is 6. The Hall–Kier alpha value is -3.44. The van der Waals surface area contributed by atoms with Gasteiger partial charge in [0.15, 0.2) is 0 Å². The summed E-state index contributed by atoms with van der Waals surface area (Å²) in [6, 6.07) is 11.1. The van der Waals surface area contributed by atoms with E-state index < -0.39 is 10.8 Å². The van der Waals surface area contributed by atoms with Gasteiger partial charge in [-0.15, -0.1) is 0 Å². The largest absolute Gasteiger partial charge is 0.457 e.